The SMILES string of the molecule is OCc1cc(Br)c2sc(I)cc2c1. The fraction of sp³-hybridized carbons (Fsp3) is 0.111. The van der Waals surface area contributed by atoms with E-state index in [9.17, 15) is 0 Å². The first-order valence-electron chi connectivity index (χ1n) is 3.69. The lowest BCUT2D eigenvalue weighted by atomic mass is 10.2. The first-order valence-corrected chi connectivity index (χ1v) is 6.38. The molecule has 0 aliphatic carbocycles. The summed E-state index contributed by atoms with van der Waals surface area (Å²) in [4.78, 5) is 0. The zero-order valence-corrected chi connectivity index (χ0v) is 11.1. The van der Waals surface area contributed by atoms with E-state index in [1.165, 1.54) is 13.0 Å². The van der Waals surface area contributed by atoms with Gasteiger partial charge >= 0.3 is 0 Å². The van der Waals surface area contributed by atoms with Crippen LogP contribution in [-0.4, -0.2) is 5.11 Å². The van der Waals surface area contributed by atoms with Crippen molar-refractivity contribution >= 4 is 59.9 Å². The number of halogens is 2. The molecule has 0 amide bonds. The lowest BCUT2D eigenvalue weighted by molar-refractivity contribution is 0.282. The monoisotopic (exact) mass is 368 g/mol. The second kappa shape index (κ2) is 3.84. The molecule has 0 aliphatic rings. The molecule has 0 saturated carbocycles. The molecule has 1 heterocycles. The number of aliphatic hydroxyl groups is 1. The van der Waals surface area contributed by atoms with Gasteiger partial charge in [-0.05, 0) is 67.7 Å². The number of benzene rings is 1. The van der Waals surface area contributed by atoms with Gasteiger partial charge in [-0.25, -0.2) is 0 Å². The highest BCUT2D eigenvalue weighted by Gasteiger charge is 2.05. The van der Waals surface area contributed by atoms with Gasteiger partial charge in [-0.1, -0.05) is 0 Å². The molecule has 1 N–H and O–H groups in total. The predicted octanol–water partition coefficient (Wildman–Crippen LogP) is 3.76. The minimum absolute atomic E-state index is 0.0982. The Balaban J connectivity index is 2.75. The highest BCUT2D eigenvalue weighted by molar-refractivity contribution is 14.1. The molecule has 1 aromatic heterocycles. The topological polar surface area (TPSA) is 20.2 Å². The molecule has 4 heteroatoms. The minimum Gasteiger partial charge on any atom is -0.392 e. The van der Waals surface area contributed by atoms with Gasteiger partial charge in [0.1, 0.15) is 0 Å². The lowest BCUT2D eigenvalue weighted by Gasteiger charge is -1.98. The molecule has 0 atom stereocenters. The summed E-state index contributed by atoms with van der Waals surface area (Å²) >= 11 is 7.56. The van der Waals surface area contributed by atoms with E-state index in [2.05, 4.69) is 44.6 Å². The van der Waals surface area contributed by atoms with E-state index in [1.807, 2.05) is 12.1 Å². The normalized spacial score (nSPS) is 11.0. The van der Waals surface area contributed by atoms with Crippen LogP contribution in [0.5, 0.6) is 0 Å². The molecule has 0 saturated heterocycles. The summed E-state index contributed by atoms with van der Waals surface area (Å²) in [6.45, 7) is 0.0982. The molecule has 0 aliphatic heterocycles. The molecule has 1 aromatic carbocycles. The summed E-state index contributed by atoms with van der Waals surface area (Å²) in [6, 6.07) is 6.12. The molecule has 0 fully saturated rings. The summed E-state index contributed by atoms with van der Waals surface area (Å²) in [7, 11) is 0. The van der Waals surface area contributed by atoms with E-state index in [-0.39, 0.29) is 6.61 Å². The quantitative estimate of drug-likeness (QED) is 0.760. The fourth-order valence-corrected chi connectivity index (χ4v) is 3.76. The fourth-order valence-electron chi connectivity index (χ4n) is 1.23. The number of thiophene rings is 1. The van der Waals surface area contributed by atoms with Crippen LogP contribution in [0.4, 0.5) is 0 Å². The van der Waals surface area contributed by atoms with Crippen molar-refractivity contribution in [3.63, 3.8) is 0 Å². The van der Waals surface area contributed by atoms with Gasteiger partial charge in [0, 0.05) is 9.17 Å². The summed E-state index contributed by atoms with van der Waals surface area (Å²) < 4.78 is 3.59. The van der Waals surface area contributed by atoms with Crippen molar-refractivity contribution in [3.8, 4) is 0 Å². The van der Waals surface area contributed by atoms with Gasteiger partial charge in [-0.15, -0.1) is 11.3 Å². The lowest BCUT2D eigenvalue weighted by Crippen LogP contribution is -1.81. The number of hydrogen-bond acceptors (Lipinski definition) is 2. The summed E-state index contributed by atoms with van der Waals surface area (Å²) in [5, 5.41) is 10.2. The van der Waals surface area contributed by atoms with Gasteiger partial charge in [0.2, 0.25) is 0 Å². The Morgan fingerprint density at radius 1 is 1.38 bits per heavy atom. The van der Waals surface area contributed by atoms with Crippen LogP contribution in [0, 0.1) is 2.88 Å². The standard InChI is InChI=1S/C9H6BrIOS/c10-7-2-5(4-12)1-6-3-8(11)13-9(6)7/h1-3,12H,4H2. The molecule has 2 rings (SSSR count). The second-order valence-electron chi connectivity index (χ2n) is 2.70. The molecule has 0 spiro atoms. The third-order valence-corrected chi connectivity index (χ3v) is 4.62. The number of hydrogen-bond donors (Lipinski definition) is 1. The molecular weight excluding hydrogens is 363 g/mol. The highest BCUT2D eigenvalue weighted by atomic mass is 127. The van der Waals surface area contributed by atoms with Gasteiger partial charge in [0.05, 0.1) is 9.49 Å². The van der Waals surface area contributed by atoms with Gasteiger partial charge in [0.25, 0.3) is 0 Å². The Morgan fingerprint density at radius 3 is 2.85 bits per heavy atom. The van der Waals surface area contributed by atoms with Crippen LogP contribution < -0.4 is 0 Å². The Labute approximate surface area is 102 Å². The molecule has 13 heavy (non-hydrogen) atoms. The Kier molecular flexibility index (Phi) is 2.92. The maximum absolute atomic E-state index is 9.01. The zero-order chi connectivity index (χ0) is 9.42. The Bertz CT molecular complexity index is 452. The first-order chi connectivity index (χ1) is 6.20. The summed E-state index contributed by atoms with van der Waals surface area (Å²) in [6.07, 6.45) is 0. The van der Waals surface area contributed by atoms with Gasteiger partial charge in [-0.3, -0.25) is 0 Å². The van der Waals surface area contributed by atoms with Crippen LogP contribution in [-0.2, 0) is 6.61 Å². The van der Waals surface area contributed by atoms with Crippen LogP contribution in [0.1, 0.15) is 5.56 Å². The van der Waals surface area contributed by atoms with Crippen molar-refractivity contribution in [2.24, 2.45) is 0 Å². The minimum atomic E-state index is 0.0982. The highest BCUT2D eigenvalue weighted by Crippen LogP contribution is 2.33. The average Bonchev–Trinajstić information content (AvgIpc) is 2.46. The summed E-state index contributed by atoms with van der Waals surface area (Å²) in [5.41, 5.74) is 0.952. The molecule has 0 radical (unpaired) electrons. The van der Waals surface area contributed by atoms with Crippen LogP contribution >= 0.6 is 49.9 Å². The molecule has 2 aromatic rings. The van der Waals surface area contributed by atoms with E-state index in [0.29, 0.717) is 0 Å². The van der Waals surface area contributed by atoms with Crippen molar-refractivity contribution in [2.45, 2.75) is 6.61 Å². The Hall–Kier alpha value is 0.350. The smallest absolute Gasteiger partial charge is 0.0682 e. The first kappa shape index (κ1) is 9.89. The van der Waals surface area contributed by atoms with Crippen molar-refractivity contribution in [1.29, 1.82) is 0 Å². The largest absolute Gasteiger partial charge is 0.392 e. The third-order valence-electron chi connectivity index (χ3n) is 1.78. The van der Waals surface area contributed by atoms with Crippen molar-refractivity contribution < 1.29 is 5.11 Å². The predicted molar refractivity (Wildman–Crippen MR) is 68.2 cm³/mol. The number of rotatable bonds is 1. The Morgan fingerprint density at radius 2 is 2.15 bits per heavy atom. The van der Waals surface area contributed by atoms with Crippen LogP contribution in [0.2, 0.25) is 0 Å². The maximum atomic E-state index is 9.01. The van der Waals surface area contributed by atoms with E-state index >= 15 is 0 Å². The molecular formula is C9H6BrIOS. The average molecular weight is 369 g/mol. The van der Waals surface area contributed by atoms with Crippen LogP contribution in [0.3, 0.4) is 0 Å². The number of aliphatic hydroxyl groups excluding tert-OH is 1. The van der Waals surface area contributed by atoms with E-state index in [4.69, 9.17) is 5.11 Å². The molecule has 0 unspecified atom stereocenters. The van der Waals surface area contributed by atoms with Crippen molar-refractivity contribution in [2.75, 3.05) is 0 Å². The second-order valence-corrected chi connectivity index (χ2v) is 6.51. The third kappa shape index (κ3) is 1.91. The maximum Gasteiger partial charge on any atom is 0.0682 e. The molecule has 1 nitrogen and oxygen atoms in total. The van der Waals surface area contributed by atoms with E-state index in [0.717, 1.165) is 10.0 Å². The van der Waals surface area contributed by atoms with Gasteiger partial charge < -0.3 is 5.11 Å². The molecule has 68 valence electrons. The van der Waals surface area contributed by atoms with E-state index < -0.39 is 0 Å². The van der Waals surface area contributed by atoms with E-state index in [1.54, 1.807) is 11.3 Å². The molecule has 0 bridgehead atoms. The zero-order valence-electron chi connectivity index (χ0n) is 6.55. The van der Waals surface area contributed by atoms with Crippen LogP contribution in [0.15, 0.2) is 22.7 Å². The van der Waals surface area contributed by atoms with Crippen molar-refractivity contribution in [1.82, 2.24) is 0 Å². The number of fused-ring (bicyclic) bond motifs is 1. The van der Waals surface area contributed by atoms with Gasteiger partial charge in [0.15, 0.2) is 0 Å². The summed E-state index contributed by atoms with van der Waals surface area (Å²) in [5.74, 6) is 0. The van der Waals surface area contributed by atoms with Gasteiger partial charge in [-0.2, -0.15) is 0 Å². The van der Waals surface area contributed by atoms with Crippen molar-refractivity contribution in [3.05, 3.63) is 31.1 Å². The van der Waals surface area contributed by atoms with Crippen LogP contribution in [0.25, 0.3) is 10.1 Å².